The average Bonchev–Trinajstić information content (AvgIpc) is 2.83. The number of sulfonamides is 1. The van der Waals surface area contributed by atoms with E-state index in [9.17, 15) is 18.0 Å². The van der Waals surface area contributed by atoms with Gasteiger partial charge >= 0.3 is 0 Å². The van der Waals surface area contributed by atoms with Gasteiger partial charge in [-0.2, -0.15) is 4.31 Å². The number of hydrogen-bond acceptors (Lipinski definition) is 5. The standard InChI is InChI=1S/C25H33N3O5S/c1-4-33-21-13-11-19(12-14-21)24(29)27-23(18(2)3)25(30)26-20-9-8-10-22(17-20)34(31,32)28-15-6-5-7-16-28/h8-14,17-18,23H,4-7,15-16H2,1-3H3,(H,26,30)(H,27,29)/t23-/m0/s1. The second kappa shape index (κ2) is 11.5. The molecule has 0 saturated carbocycles. The summed E-state index contributed by atoms with van der Waals surface area (Å²) in [4.78, 5) is 25.9. The van der Waals surface area contributed by atoms with Gasteiger partial charge in [0.2, 0.25) is 15.9 Å². The molecule has 3 rings (SSSR count). The first kappa shape index (κ1) is 25.7. The normalized spacial score (nSPS) is 15.5. The number of nitrogens with zero attached hydrogens (tertiary/aromatic N) is 1. The Morgan fingerprint density at radius 2 is 1.71 bits per heavy atom. The summed E-state index contributed by atoms with van der Waals surface area (Å²) in [6.45, 7) is 7.09. The first-order valence-corrected chi connectivity index (χ1v) is 13.1. The summed E-state index contributed by atoms with van der Waals surface area (Å²) in [5.41, 5.74) is 0.778. The largest absolute Gasteiger partial charge is 0.494 e. The summed E-state index contributed by atoms with van der Waals surface area (Å²) < 4.78 is 32.9. The zero-order chi connectivity index (χ0) is 24.7. The van der Waals surface area contributed by atoms with Crippen molar-refractivity contribution in [1.82, 2.24) is 9.62 Å². The quantitative estimate of drug-likeness (QED) is 0.562. The smallest absolute Gasteiger partial charge is 0.251 e. The van der Waals surface area contributed by atoms with Crippen LogP contribution in [-0.4, -0.2) is 50.3 Å². The Kier molecular flexibility index (Phi) is 8.68. The summed E-state index contributed by atoms with van der Waals surface area (Å²) in [6, 6.07) is 12.1. The van der Waals surface area contributed by atoms with E-state index in [4.69, 9.17) is 4.74 Å². The zero-order valence-corrected chi connectivity index (χ0v) is 20.7. The van der Waals surface area contributed by atoms with Crippen molar-refractivity contribution in [3.05, 3.63) is 54.1 Å². The van der Waals surface area contributed by atoms with Crippen molar-refractivity contribution in [3.8, 4) is 5.75 Å². The highest BCUT2D eigenvalue weighted by Crippen LogP contribution is 2.23. The number of hydrogen-bond donors (Lipinski definition) is 2. The van der Waals surface area contributed by atoms with Crippen molar-refractivity contribution in [2.75, 3.05) is 25.0 Å². The number of amides is 2. The number of rotatable bonds is 9. The third-order valence-electron chi connectivity index (χ3n) is 5.72. The molecule has 2 amide bonds. The molecule has 1 heterocycles. The molecule has 0 aromatic heterocycles. The fraction of sp³-hybridized carbons (Fsp3) is 0.440. The predicted octanol–water partition coefficient (Wildman–Crippen LogP) is 3.65. The molecule has 2 aromatic rings. The van der Waals surface area contributed by atoms with Crippen LogP contribution in [0.5, 0.6) is 5.75 Å². The van der Waals surface area contributed by atoms with Crippen LogP contribution in [0.3, 0.4) is 0 Å². The highest BCUT2D eigenvalue weighted by atomic mass is 32.2. The summed E-state index contributed by atoms with van der Waals surface area (Å²) in [6.07, 6.45) is 2.72. The van der Waals surface area contributed by atoms with Gasteiger partial charge in [0.1, 0.15) is 11.8 Å². The van der Waals surface area contributed by atoms with Gasteiger partial charge in [-0.3, -0.25) is 9.59 Å². The lowest BCUT2D eigenvalue weighted by atomic mass is 10.0. The molecule has 0 aliphatic carbocycles. The molecule has 2 aromatic carbocycles. The van der Waals surface area contributed by atoms with Gasteiger partial charge in [-0.15, -0.1) is 0 Å². The molecule has 8 nitrogen and oxygen atoms in total. The maximum Gasteiger partial charge on any atom is 0.251 e. The van der Waals surface area contributed by atoms with Crippen LogP contribution in [0.4, 0.5) is 5.69 Å². The molecule has 0 unspecified atom stereocenters. The molecule has 1 aliphatic heterocycles. The monoisotopic (exact) mass is 487 g/mol. The van der Waals surface area contributed by atoms with Crippen LogP contribution in [0.1, 0.15) is 50.4 Å². The van der Waals surface area contributed by atoms with Crippen molar-refractivity contribution >= 4 is 27.5 Å². The number of carbonyl (C=O) groups excluding carboxylic acids is 2. The van der Waals surface area contributed by atoms with E-state index in [1.807, 2.05) is 20.8 Å². The Balaban J connectivity index is 1.71. The van der Waals surface area contributed by atoms with Gasteiger partial charge in [-0.1, -0.05) is 26.3 Å². The molecular formula is C25H33N3O5S. The van der Waals surface area contributed by atoms with Crippen LogP contribution in [-0.2, 0) is 14.8 Å². The SMILES string of the molecule is CCOc1ccc(C(=O)N[C@H](C(=O)Nc2cccc(S(=O)(=O)N3CCCCC3)c2)C(C)C)cc1. The van der Waals surface area contributed by atoms with Crippen molar-refractivity contribution in [1.29, 1.82) is 0 Å². The zero-order valence-electron chi connectivity index (χ0n) is 19.9. The lowest BCUT2D eigenvalue weighted by Gasteiger charge is -2.26. The summed E-state index contributed by atoms with van der Waals surface area (Å²) in [5, 5.41) is 5.55. The second-order valence-corrected chi connectivity index (χ2v) is 10.6. The molecule has 1 aliphatic rings. The first-order chi connectivity index (χ1) is 16.2. The van der Waals surface area contributed by atoms with Gasteiger partial charge in [0.15, 0.2) is 0 Å². The molecule has 2 N–H and O–H groups in total. The Hall–Kier alpha value is -2.91. The van der Waals surface area contributed by atoms with E-state index < -0.39 is 22.0 Å². The number of carbonyl (C=O) groups is 2. The molecule has 0 spiro atoms. The van der Waals surface area contributed by atoms with Gasteiger partial charge in [-0.05, 0) is 68.1 Å². The number of ether oxygens (including phenoxy) is 1. The van der Waals surface area contributed by atoms with Crippen molar-refractivity contribution in [2.45, 2.75) is 51.0 Å². The summed E-state index contributed by atoms with van der Waals surface area (Å²) in [5.74, 6) is -0.316. The summed E-state index contributed by atoms with van der Waals surface area (Å²) >= 11 is 0. The van der Waals surface area contributed by atoms with Crippen LogP contribution in [0, 0.1) is 5.92 Å². The molecule has 1 fully saturated rings. The lowest BCUT2D eigenvalue weighted by molar-refractivity contribution is -0.118. The Bertz CT molecular complexity index is 1090. The van der Waals surface area contributed by atoms with Crippen molar-refractivity contribution < 1.29 is 22.7 Å². The number of benzene rings is 2. The Labute approximate surface area is 201 Å². The maximum atomic E-state index is 13.0. The van der Waals surface area contributed by atoms with Crippen LogP contribution >= 0.6 is 0 Å². The van der Waals surface area contributed by atoms with E-state index in [0.29, 0.717) is 36.7 Å². The Morgan fingerprint density at radius 1 is 1.03 bits per heavy atom. The van der Waals surface area contributed by atoms with Gasteiger partial charge in [0.25, 0.3) is 5.91 Å². The predicted molar refractivity (Wildman–Crippen MR) is 131 cm³/mol. The number of nitrogens with one attached hydrogen (secondary N) is 2. The van der Waals surface area contributed by atoms with Gasteiger partial charge in [0, 0.05) is 24.3 Å². The minimum atomic E-state index is -3.62. The molecule has 9 heteroatoms. The topological polar surface area (TPSA) is 105 Å². The molecular weight excluding hydrogens is 454 g/mol. The van der Waals surface area contributed by atoms with E-state index in [0.717, 1.165) is 19.3 Å². The van der Waals surface area contributed by atoms with Crippen LogP contribution < -0.4 is 15.4 Å². The van der Waals surface area contributed by atoms with Gasteiger partial charge in [0.05, 0.1) is 11.5 Å². The third kappa shape index (κ3) is 6.36. The minimum Gasteiger partial charge on any atom is -0.494 e. The molecule has 1 saturated heterocycles. The van der Waals surface area contributed by atoms with Gasteiger partial charge in [-0.25, -0.2) is 8.42 Å². The number of anilines is 1. The van der Waals surface area contributed by atoms with Crippen molar-refractivity contribution in [3.63, 3.8) is 0 Å². The minimum absolute atomic E-state index is 0.145. The average molecular weight is 488 g/mol. The van der Waals surface area contributed by atoms with E-state index in [-0.39, 0.29) is 16.7 Å². The van der Waals surface area contributed by atoms with E-state index >= 15 is 0 Å². The molecule has 0 bridgehead atoms. The van der Waals surface area contributed by atoms with Gasteiger partial charge < -0.3 is 15.4 Å². The highest BCUT2D eigenvalue weighted by Gasteiger charge is 2.28. The van der Waals surface area contributed by atoms with Crippen LogP contribution in [0.2, 0.25) is 0 Å². The van der Waals surface area contributed by atoms with E-state index in [1.165, 1.54) is 16.4 Å². The molecule has 1 atom stereocenters. The summed E-state index contributed by atoms with van der Waals surface area (Å²) in [7, 11) is -3.62. The fourth-order valence-corrected chi connectivity index (χ4v) is 5.40. The second-order valence-electron chi connectivity index (χ2n) is 8.63. The number of piperidine rings is 1. The van der Waals surface area contributed by atoms with Crippen LogP contribution in [0.25, 0.3) is 0 Å². The molecule has 0 radical (unpaired) electrons. The van der Waals surface area contributed by atoms with E-state index in [1.54, 1.807) is 36.4 Å². The maximum absolute atomic E-state index is 13.0. The Morgan fingerprint density at radius 3 is 2.32 bits per heavy atom. The van der Waals surface area contributed by atoms with Crippen molar-refractivity contribution in [2.24, 2.45) is 5.92 Å². The third-order valence-corrected chi connectivity index (χ3v) is 7.61. The fourth-order valence-electron chi connectivity index (χ4n) is 3.84. The highest BCUT2D eigenvalue weighted by molar-refractivity contribution is 7.89. The van der Waals surface area contributed by atoms with E-state index in [2.05, 4.69) is 10.6 Å². The lowest BCUT2D eigenvalue weighted by Crippen LogP contribution is -2.47. The first-order valence-electron chi connectivity index (χ1n) is 11.7. The molecule has 184 valence electrons. The van der Waals surface area contributed by atoms with Crippen LogP contribution in [0.15, 0.2) is 53.4 Å². The molecule has 34 heavy (non-hydrogen) atoms.